The third kappa shape index (κ3) is 3.64. The van der Waals surface area contributed by atoms with Crippen molar-refractivity contribution in [3.63, 3.8) is 0 Å². The Hall–Kier alpha value is -1.75. The van der Waals surface area contributed by atoms with Crippen LogP contribution in [0.15, 0.2) is 18.2 Å². The van der Waals surface area contributed by atoms with Crippen molar-refractivity contribution in [2.24, 2.45) is 0 Å². The molecular weight excluding hydrogens is 224 g/mol. The molecule has 0 radical (unpaired) electrons. The molecule has 5 heteroatoms. The van der Waals surface area contributed by atoms with E-state index in [2.05, 4.69) is 0 Å². The Balaban J connectivity index is 2.88. The van der Waals surface area contributed by atoms with Crippen molar-refractivity contribution in [3.8, 4) is 11.5 Å². The minimum absolute atomic E-state index is 0.0957. The molecule has 0 spiro atoms. The van der Waals surface area contributed by atoms with Crippen molar-refractivity contribution in [1.82, 2.24) is 0 Å². The van der Waals surface area contributed by atoms with Gasteiger partial charge in [-0.2, -0.15) is 0 Å². The van der Waals surface area contributed by atoms with Crippen molar-refractivity contribution >= 4 is 5.97 Å². The Morgan fingerprint density at radius 1 is 1.35 bits per heavy atom. The van der Waals surface area contributed by atoms with Gasteiger partial charge in [0.05, 0.1) is 20.3 Å². The Kier molecular flexibility index (Phi) is 4.78. The van der Waals surface area contributed by atoms with Gasteiger partial charge in [-0.05, 0) is 24.6 Å². The van der Waals surface area contributed by atoms with Crippen molar-refractivity contribution in [3.05, 3.63) is 23.8 Å². The van der Waals surface area contributed by atoms with Gasteiger partial charge in [0.15, 0.2) is 0 Å². The summed E-state index contributed by atoms with van der Waals surface area (Å²) in [5, 5.41) is 18.5. The first kappa shape index (κ1) is 13.3. The van der Waals surface area contributed by atoms with Crippen LogP contribution in [-0.4, -0.2) is 30.4 Å². The van der Waals surface area contributed by atoms with E-state index in [0.29, 0.717) is 17.1 Å². The minimum Gasteiger partial charge on any atom is -0.497 e. The molecule has 1 atom stereocenters. The van der Waals surface area contributed by atoms with E-state index in [1.807, 2.05) is 0 Å². The fourth-order valence-electron chi connectivity index (χ4n) is 1.52. The first-order valence-corrected chi connectivity index (χ1v) is 5.20. The summed E-state index contributed by atoms with van der Waals surface area (Å²) in [6.45, 7) is 0. The summed E-state index contributed by atoms with van der Waals surface area (Å²) < 4.78 is 10.2. The monoisotopic (exact) mass is 240 g/mol. The number of ether oxygens (including phenoxy) is 2. The lowest BCUT2D eigenvalue weighted by Gasteiger charge is -2.15. The maximum atomic E-state index is 10.4. The smallest absolute Gasteiger partial charge is 0.303 e. The Labute approximate surface area is 99.6 Å². The molecule has 0 bridgehead atoms. The Bertz CT molecular complexity index is 388. The summed E-state index contributed by atoms with van der Waals surface area (Å²) in [6, 6.07) is 5.04. The average Bonchev–Trinajstić information content (AvgIpc) is 2.34. The molecule has 0 aliphatic rings. The third-order valence-electron chi connectivity index (χ3n) is 2.43. The number of carboxylic acids is 1. The highest BCUT2D eigenvalue weighted by Gasteiger charge is 2.15. The van der Waals surface area contributed by atoms with Crippen LogP contribution in [-0.2, 0) is 4.79 Å². The molecule has 0 aliphatic carbocycles. The van der Waals surface area contributed by atoms with Crippen LogP contribution in [0.3, 0.4) is 0 Å². The van der Waals surface area contributed by atoms with Gasteiger partial charge in [0.2, 0.25) is 0 Å². The van der Waals surface area contributed by atoms with Crippen molar-refractivity contribution < 1.29 is 24.5 Å². The summed E-state index contributed by atoms with van der Waals surface area (Å²) >= 11 is 0. The number of hydrogen-bond acceptors (Lipinski definition) is 4. The zero-order valence-electron chi connectivity index (χ0n) is 9.84. The standard InChI is InChI=1S/C12H16O5/c1-16-8-3-5-11(17-2)9(7-8)10(13)4-6-12(14)15/h3,5,7,10,13H,4,6H2,1-2H3,(H,14,15)/t10-/m1/s1. The number of carboxylic acid groups (broad SMARTS) is 1. The lowest BCUT2D eigenvalue weighted by Crippen LogP contribution is -2.04. The van der Waals surface area contributed by atoms with Gasteiger partial charge in [-0.3, -0.25) is 4.79 Å². The van der Waals surface area contributed by atoms with Crippen LogP contribution in [0.25, 0.3) is 0 Å². The van der Waals surface area contributed by atoms with E-state index in [-0.39, 0.29) is 12.8 Å². The quantitative estimate of drug-likeness (QED) is 0.789. The van der Waals surface area contributed by atoms with E-state index < -0.39 is 12.1 Å². The van der Waals surface area contributed by atoms with Gasteiger partial charge in [0.1, 0.15) is 11.5 Å². The summed E-state index contributed by atoms with van der Waals surface area (Å²) in [4.78, 5) is 10.4. The maximum absolute atomic E-state index is 10.4. The Morgan fingerprint density at radius 2 is 2.06 bits per heavy atom. The SMILES string of the molecule is COc1ccc(OC)c([C@H](O)CCC(=O)O)c1. The number of benzene rings is 1. The number of hydrogen-bond donors (Lipinski definition) is 2. The molecular formula is C12H16O5. The predicted octanol–water partition coefficient (Wildman–Crippen LogP) is 1.60. The first-order chi connectivity index (χ1) is 8.08. The highest BCUT2D eigenvalue weighted by atomic mass is 16.5. The van der Waals surface area contributed by atoms with Gasteiger partial charge in [0, 0.05) is 12.0 Å². The molecule has 1 aromatic rings. The van der Waals surface area contributed by atoms with Crippen LogP contribution in [0.4, 0.5) is 0 Å². The molecule has 17 heavy (non-hydrogen) atoms. The van der Waals surface area contributed by atoms with Gasteiger partial charge in [-0.1, -0.05) is 0 Å². The summed E-state index contributed by atoms with van der Waals surface area (Å²) in [5.74, 6) is 0.171. The third-order valence-corrected chi connectivity index (χ3v) is 2.43. The van der Waals surface area contributed by atoms with Crippen LogP contribution in [0, 0.1) is 0 Å². The number of aliphatic hydroxyl groups excluding tert-OH is 1. The fourth-order valence-corrected chi connectivity index (χ4v) is 1.52. The number of aliphatic hydroxyl groups is 1. The van der Waals surface area contributed by atoms with Gasteiger partial charge in [-0.25, -0.2) is 0 Å². The van der Waals surface area contributed by atoms with Crippen molar-refractivity contribution in [2.45, 2.75) is 18.9 Å². The molecule has 1 aromatic carbocycles. The zero-order chi connectivity index (χ0) is 12.8. The van der Waals surface area contributed by atoms with Crippen LogP contribution in [0.5, 0.6) is 11.5 Å². The van der Waals surface area contributed by atoms with Gasteiger partial charge in [-0.15, -0.1) is 0 Å². The highest BCUT2D eigenvalue weighted by Crippen LogP contribution is 2.31. The highest BCUT2D eigenvalue weighted by molar-refractivity contribution is 5.66. The molecule has 0 aromatic heterocycles. The second-order valence-corrected chi connectivity index (χ2v) is 3.56. The molecule has 0 fully saturated rings. The topological polar surface area (TPSA) is 76.0 Å². The van der Waals surface area contributed by atoms with E-state index in [0.717, 1.165) is 0 Å². The van der Waals surface area contributed by atoms with E-state index in [9.17, 15) is 9.90 Å². The van der Waals surface area contributed by atoms with Crippen molar-refractivity contribution in [1.29, 1.82) is 0 Å². The molecule has 2 N–H and O–H groups in total. The zero-order valence-corrected chi connectivity index (χ0v) is 9.84. The van der Waals surface area contributed by atoms with E-state index in [1.54, 1.807) is 18.2 Å². The average molecular weight is 240 g/mol. The maximum Gasteiger partial charge on any atom is 0.303 e. The van der Waals surface area contributed by atoms with E-state index >= 15 is 0 Å². The van der Waals surface area contributed by atoms with Crippen LogP contribution in [0.2, 0.25) is 0 Å². The Morgan fingerprint density at radius 3 is 2.59 bits per heavy atom. The minimum atomic E-state index is -0.939. The van der Waals surface area contributed by atoms with Crippen LogP contribution < -0.4 is 9.47 Å². The van der Waals surface area contributed by atoms with Gasteiger partial charge < -0.3 is 19.7 Å². The molecule has 5 nitrogen and oxygen atoms in total. The van der Waals surface area contributed by atoms with Crippen molar-refractivity contribution in [2.75, 3.05) is 14.2 Å². The predicted molar refractivity (Wildman–Crippen MR) is 61.4 cm³/mol. The second-order valence-electron chi connectivity index (χ2n) is 3.56. The molecule has 1 rings (SSSR count). The first-order valence-electron chi connectivity index (χ1n) is 5.20. The summed E-state index contributed by atoms with van der Waals surface area (Å²) in [5.41, 5.74) is 0.535. The largest absolute Gasteiger partial charge is 0.497 e. The molecule has 94 valence electrons. The lowest BCUT2D eigenvalue weighted by molar-refractivity contribution is -0.137. The molecule has 0 aliphatic heterocycles. The van der Waals surface area contributed by atoms with Crippen LogP contribution >= 0.6 is 0 Å². The summed E-state index contributed by atoms with van der Waals surface area (Å²) in [6.07, 6.45) is -0.837. The van der Waals surface area contributed by atoms with Gasteiger partial charge >= 0.3 is 5.97 Å². The molecule has 0 amide bonds. The molecule has 0 saturated carbocycles. The molecule has 0 saturated heterocycles. The fraction of sp³-hybridized carbons (Fsp3) is 0.417. The summed E-state index contributed by atoms with van der Waals surface area (Å²) in [7, 11) is 3.02. The number of carbonyl (C=O) groups is 1. The number of rotatable bonds is 6. The van der Waals surface area contributed by atoms with E-state index in [4.69, 9.17) is 14.6 Å². The molecule has 0 unspecified atom stereocenters. The van der Waals surface area contributed by atoms with E-state index in [1.165, 1.54) is 14.2 Å². The van der Waals surface area contributed by atoms with Gasteiger partial charge in [0.25, 0.3) is 0 Å². The number of methoxy groups -OCH3 is 2. The second kappa shape index (κ2) is 6.10. The molecule has 0 heterocycles. The van der Waals surface area contributed by atoms with Crippen LogP contribution in [0.1, 0.15) is 24.5 Å². The normalized spacial score (nSPS) is 11.9. The lowest BCUT2D eigenvalue weighted by atomic mass is 10.0. The number of aliphatic carboxylic acids is 1.